The number of ketones is 1. The number of thiazole rings is 1. The second kappa shape index (κ2) is 5.83. The Kier molecular flexibility index (Phi) is 3.65. The number of nitro groups is 1. The zero-order valence-electron chi connectivity index (χ0n) is 12.8. The number of nitrogens with zero attached hydrogens (tertiary/aromatic N) is 3. The second-order valence-corrected chi connectivity index (χ2v) is 7.10. The molecular formula is C17H15N3O3S. The van der Waals surface area contributed by atoms with Gasteiger partial charge in [-0.05, 0) is 24.8 Å². The molecule has 1 aliphatic rings. The Morgan fingerprint density at radius 3 is 2.92 bits per heavy atom. The van der Waals surface area contributed by atoms with E-state index in [0.29, 0.717) is 11.5 Å². The standard InChI is InChI=1S/C17H15N3O3S/c21-16(8-17-18-5-6-24-17)14-10-19(9-11-1-2-11)15-7-12(20(22)23)3-4-13(14)15/h3-7,10-11H,1-2,8-9H2. The van der Waals surface area contributed by atoms with E-state index in [-0.39, 0.29) is 17.9 Å². The van der Waals surface area contributed by atoms with E-state index in [9.17, 15) is 14.9 Å². The van der Waals surface area contributed by atoms with Gasteiger partial charge in [0.1, 0.15) is 5.01 Å². The van der Waals surface area contributed by atoms with Crippen molar-refractivity contribution in [2.45, 2.75) is 25.8 Å². The Hall–Kier alpha value is -2.54. The summed E-state index contributed by atoms with van der Waals surface area (Å²) in [5, 5.41) is 14.5. The van der Waals surface area contributed by atoms with Crippen LogP contribution in [0.1, 0.15) is 28.2 Å². The molecule has 6 nitrogen and oxygen atoms in total. The van der Waals surface area contributed by atoms with E-state index < -0.39 is 4.92 Å². The predicted octanol–water partition coefficient (Wildman–Crippen LogP) is 3.84. The summed E-state index contributed by atoms with van der Waals surface area (Å²) in [4.78, 5) is 27.5. The van der Waals surface area contributed by atoms with Crippen LogP contribution in [0.2, 0.25) is 0 Å². The Morgan fingerprint density at radius 1 is 1.42 bits per heavy atom. The summed E-state index contributed by atoms with van der Waals surface area (Å²) in [6.45, 7) is 0.808. The zero-order valence-corrected chi connectivity index (χ0v) is 13.7. The highest BCUT2D eigenvalue weighted by molar-refractivity contribution is 7.09. The first-order valence-corrected chi connectivity index (χ1v) is 8.68. The van der Waals surface area contributed by atoms with Gasteiger partial charge >= 0.3 is 0 Å². The fourth-order valence-electron chi connectivity index (χ4n) is 2.92. The highest BCUT2D eigenvalue weighted by atomic mass is 32.1. The summed E-state index contributed by atoms with van der Waals surface area (Å²) in [5.74, 6) is 0.611. The average Bonchev–Trinajstić information content (AvgIpc) is 3.09. The molecule has 24 heavy (non-hydrogen) atoms. The Labute approximate surface area is 141 Å². The number of nitro benzene ring substituents is 1. The molecule has 3 aromatic rings. The molecular weight excluding hydrogens is 326 g/mol. The minimum atomic E-state index is -0.398. The van der Waals surface area contributed by atoms with Crippen molar-refractivity contribution in [2.75, 3.05) is 0 Å². The van der Waals surface area contributed by atoms with Gasteiger partial charge in [-0.3, -0.25) is 14.9 Å². The van der Waals surface area contributed by atoms with Crippen LogP contribution in [-0.2, 0) is 13.0 Å². The van der Waals surface area contributed by atoms with Crippen molar-refractivity contribution in [1.29, 1.82) is 0 Å². The molecule has 7 heteroatoms. The normalized spacial score (nSPS) is 14.2. The number of hydrogen-bond acceptors (Lipinski definition) is 5. The molecule has 1 fully saturated rings. The van der Waals surface area contributed by atoms with Crippen LogP contribution in [0.25, 0.3) is 10.9 Å². The molecule has 0 spiro atoms. The van der Waals surface area contributed by atoms with E-state index in [1.54, 1.807) is 18.3 Å². The Balaban J connectivity index is 1.76. The lowest BCUT2D eigenvalue weighted by atomic mass is 10.1. The molecule has 122 valence electrons. The summed E-state index contributed by atoms with van der Waals surface area (Å²) in [7, 11) is 0. The van der Waals surface area contributed by atoms with Gasteiger partial charge in [0.05, 0.1) is 16.9 Å². The van der Waals surface area contributed by atoms with Crippen LogP contribution < -0.4 is 0 Å². The first-order chi connectivity index (χ1) is 11.6. The summed E-state index contributed by atoms with van der Waals surface area (Å²) >= 11 is 1.46. The van der Waals surface area contributed by atoms with E-state index in [1.165, 1.54) is 30.2 Å². The minimum Gasteiger partial charge on any atom is -0.346 e. The van der Waals surface area contributed by atoms with Crippen LogP contribution >= 0.6 is 11.3 Å². The Morgan fingerprint density at radius 2 is 2.25 bits per heavy atom. The van der Waals surface area contributed by atoms with Crippen molar-refractivity contribution < 1.29 is 9.72 Å². The molecule has 1 aromatic carbocycles. The van der Waals surface area contributed by atoms with E-state index in [4.69, 9.17) is 0 Å². The van der Waals surface area contributed by atoms with E-state index >= 15 is 0 Å². The van der Waals surface area contributed by atoms with Gasteiger partial charge < -0.3 is 4.57 Å². The number of rotatable bonds is 6. The highest BCUT2D eigenvalue weighted by Gasteiger charge is 2.25. The summed E-state index contributed by atoms with van der Waals surface area (Å²) in [6.07, 6.45) is 6.15. The summed E-state index contributed by atoms with van der Waals surface area (Å²) in [5.41, 5.74) is 1.44. The van der Waals surface area contributed by atoms with Crippen LogP contribution in [0.15, 0.2) is 36.0 Å². The number of benzene rings is 1. The molecule has 2 aromatic heterocycles. The topological polar surface area (TPSA) is 78.0 Å². The predicted molar refractivity (Wildman–Crippen MR) is 91.5 cm³/mol. The quantitative estimate of drug-likeness (QED) is 0.388. The fourth-order valence-corrected chi connectivity index (χ4v) is 3.53. The van der Waals surface area contributed by atoms with Crippen LogP contribution in [0.3, 0.4) is 0 Å². The molecule has 0 unspecified atom stereocenters. The zero-order chi connectivity index (χ0) is 16.7. The van der Waals surface area contributed by atoms with E-state index in [0.717, 1.165) is 22.5 Å². The SMILES string of the molecule is O=C(Cc1nccs1)c1cn(CC2CC2)c2cc([N+](=O)[O-])ccc12. The number of non-ortho nitro benzene ring substituents is 1. The van der Waals surface area contributed by atoms with Gasteiger partial charge in [0.25, 0.3) is 5.69 Å². The maximum atomic E-state index is 12.7. The summed E-state index contributed by atoms with van der Waals surface area (Å²) in [6, 6.07) is 4.72. The molecule has 4 rings (SSSR count). The van der Waals surface area contributed by atoms with Crippen molar-refractivity contribution in [3.63, 3.8) is 0 Å². The van der Waals surface area contributed by atoms with Crippen molar-refractivity contribution >= 4 is 33.7 Å². The van der Waals surface area contributed by atoms with E-state index in [2.05, 4.69) is 4.98 Å². The highest BCUT2D eigenvalue weighted by Crippen LogP contribution is 2.34. The van der Waals surface area contributed by atoms with Crippen LogP contribution in [0.5, 0.6) is 0 Å². The van der Waals surface area contributed by atoms with Gasteiger partial charge in [-0.15, -0.1) is 11.3 Å². The van der Waals surface area contributed by atoms with Crippen molar-refractivity contribution in [1.82, 2.24) is 9.55 Å². The lowest BCUT2D eigenvalue weighted by molar-refractivity contribution is -0.384. The maximum Gasteiger partial charge on any atom is 0.271 e. The van der Waals surface area contributed by atoms with Gasteiger partial charge in [0, 0.05) is 47.4 Å². The van der Waals surface area contributed by atoms with Gasteiger partial charge in [0.15, 0.2) is 5.78 Å². The first kappa shape index (κ1) is 15.0. The van der Waals surface area contributed by atoms with Gasteiger partial charge in [0.2, 0.25) is 0 Å². The van der Waals surface area contributed by atoms with Crippen LogP contribution in [-0.4, -0.2) is 20.3 Å². The van der Waals surface area contributed by atoms with E-state index in [1.807, 2.05) is 16.1 Å². The molecule has 0 saturated heterocycles. The average molecular weight is 341 g/mol. The third-order valence-electron chi connectivity index (χ3n) is 4.32. The summed E-state index contributed by atoms with van der Waals surface area (Å²) < 4.78 is 2.00. The molecule has 1 saturated carbocycles. The number of hydrogen-bond donors (Lipinski definition) is 0. The molecule has 0 atom stereocenters. The van der Waals surface area contributed by atoms with Crippen LogP contribution in [0.4, 0.5) is 5.69 Å². The van der Waals surface area contributed by atoms with Crippen LogP contribution in [0, 0.1) is 16.0 Å². The first-order valence-electron chi connectivity index (χ1n) is 7.80. The third kappa shape index (κ3) is 2.82. The van der Waals surface area contributed by atoms with Crippen molar-refractivity contribution in [3.8, 4) is 0 Å². The third-order valence-corrected chi connectivity index (χ3v) is 5.10. The number of aromatic nitrogens is 2. The molecule has 0 radical (unpaired) electrons. The number of fused-ring (bicyclic) bond motifs is 1. The van der Waals surface area contributed by atoms with Crippen molar-refractivity contribution in [2.24, 2.45) is 5.92 Å². The molecule has 0 bridgehead atoms. The second-order valence-electron chi connectivity index (χ2n) is 6.12. The fraction of sp³-hybridized carbons (Fsp3) is 0.294. The molecule has 0 aliphatic heterocycles. The number of carbonyl (C=O) groups is 1. The van der Waals surface area contributed by atoms with Gasteiger partial charge in [-0.1, -0.05) is 0 Å². The lowest BCUT2D eigenvalue weighted by Crippen LogP contribution is -2.03. The monoisotopic (exact) mass is 341 g/mol. The van der Waals surface area contributed by atoms with Crippen molar-refractivity contribution in [3.05, 3.63) is 56.7 Å². The number of carbonyl (C=O) groups excluding carboxylic acids is 1. The Bertz CT molecular complexity index is 926. The molecule has 0 amide bonds. The largest absolute Gasteiger partial charge is 0.346 e. The lowest BCUT2D eigenvalue weighted by Gasteiger charge is -2.03. The molecule has 0 N–H and O–H groups in total. The smallest absolute Gasteiger partial charge is 0.271 e. The molecule has 2 heterocycles. The van der Waals surface area contributed by atoms with Gasteiger partial charge in [-0.25, -0.2) is 4.98 Å². The minimum absolute atomic E-state index is 0.00153. The maximum absolute atomic E-state index is 12.7. The van der Waals surface area contributed by atoms with Gasteiger partial charge in [-0.2, -0.15) is 0 Å². The number of Topliss-reactive ketones (excluding diaryl/α,β-unsaturated/α-hetero) is 1. The molecule has 1 aliphatic carbocycles.